The highest BCUT2D eigenvalue weighted by atomic mass is 16.2. The fraction of sp³-hybridized carbons (Fsp3) is 0.929. The van der Waals surface area contributed by atoms with Crippen LogP contribution in [0.4, 0.5) is 0 Å². The number of carbonyl (C=O) groups excluding carboxylic acids is 1. The maximum absolute atomic E-state index is 12.3. The molecule has 0 radical (unpaired) electrons. The maximum atomic E-state index is 12.3. The van der Waals surface area contributed by atoms with Crippen LogP contribution in [0.2, 0.25) is 0 Å². The van der Waals surface area contributed by atoms with Crippen molar-refractivity contribution in [1.82, 2.24) is 4.90 Å². The van der Waals surface area contributed by atoms with Gasteiger partial charge in [0.1, 0.15) is 0 Å². The highest BCUT2D eigenvalue weighted by Gasteiger charge is 2.39. The number of nitrogens with two attached hydrogens (primary N) is 1. The molecule has 0 spiro atoms. The first-order chi connectivity index (χ1) is 8.19. The molecule has 17 heavy (non-hydrogen) atoms. The van der Waals surface area contributed by atoms with Crippen molar-refractivity contribution in [2.45, 2.75) is 51.9 Å². The van der Waals surface area contributed by atoms with Gasteiger partial charge in [0.2, 0.25) is 5.91 Å². The Bertz CT molecular complexity index is 268. The summed E-state index contributed by atoms with van der Waals surface area (Å²) in [5.74, 6) is 1.08. The molecule has 0 aromatic heterocycles. The Hall–Kier alpha value is -0.570. The van der Waals surface area contributed by atoms with Gasteiger partial charge >= 0.3 is 0 Å². The lowest BCUT2D eigenvalue weighted by atomic mass is 9.66. The van der Waals surface area contributed by atoms with E-state index >= 15 is 0 Å². The van der Waals surface area contributed by atoms with E-state index in [9.17, 15) is 4.79 Å². The molecule has 1 saturated carbocycles. The van der Waals surface area contributed by atoms with Crippen molar-refractivity contribution >= 4 is 5.91 Å². The molecular formula is C14H26N2O. The molecular weight excluding hydrogens is 212 g/mol. The van der Waals surface area contributed by atoms with Crippen LogP contribution in [0.1, 0.15) is 51.9 Å². The molecule has 0 aromatic rings. The Morgan fingerprint density at radius 2 is 2.18 bits per heavy atom. The average Bonchev–Trinajstić information content (AvgIpc) is 2.33. The summed E-state index contributed by atoms with van der Waals surface area (Å²) < 4.78 is 0. The van der Waals surface area contributed by atoms with Crippen molar-refractivity contribution in [3.05, 3.63) is 0 Å². The van der Waals surface area contributed by atoms with Gasteiger partial charge in [-0.2, -0.15) is 0 Å². The van der Waals surface area contributed by atoms with Gasteiger partial charge in [0.15, 0.2) is 0 Å². The summed E-state index contributed by atoms with van der Waals surface area (Å²) in [6, 6.07) is 0. The monoisotopic (exact) mass is 238 g/mol. The molecule has 2 fully saturated rings. The fourth-order valence-corrected chi connectivity index (χ4v) is 3.19. The predicted octanol–water partition coefficient (Wildman–Crippen LogP) is 2.15. The number of rotatable bonds is 4. The van der Waals surface area contributed by atoms with Crippen LogP contribution in [0.3, 0.4) is 0 Å². The smallest absolute Gasteiger partial charge is 0.223 e. The van der Waals surface area contributed by atoms with Gasteiger partial charge in [-0.3, -0.25) is 4.79 Å². The van der Waals surface area contributed by atoms with E-state index < -0.39 is 0 Å². The molecule has 1 aliphatic carbocycles. The molecule has 1 saturated heterocycles. The molecule has 1 atom stereocenters. The third-order valence-corrected chi connectivity index (χ3v) is 4.82. The minimum atomic E-state index is 0.163. The highest BCUT2D eigenvalue weighted by Crippen LogP contribution is 2.43. The van der Waals surface area contributed by atoms with Crippen molar-refractivity contribution in [1.29, 1.82) is 0 Å². The highest BCUT2D eigenvalue weighted by molar-refractivity contribution is 5.77. The van der Waals surface area contributed by atoms with Gasteiger partial charge in [0.25, 0.3) is 0 Å². The summed E-state index contributed by atoms with van der Waals surface area (Å²) in [5.41, 5.74) is 5.99. The van der Waals surface area contributed by atoms with E-state index in [1.54, 1.807) is 0 Å². The molecule has 1 unspecified atom stereocenters. The van der Waals surface area contributed by atoms with Gasteiger partial charge in [-0.1, -0.05) is 19.8 Å². The van der Waals surface area contributed by atoms with Crippen molar-refractivity contribution in [2.75, 3.05) is 19.6 Å². The van der Waals surface area contributed by atoms with E-state index in [4.69, 9.17) is 5.73 Å². The number of carbonyl (C=O) groups is 1. The van der Waals surface area contributed by atoms with Gasteiger partial charge in [-0.25, -0.2) is 0 Å². The topological polar surface area (TPSA) is 46.3 Å². The minimum Gasteiger partial charge on any atom is -0.342 e. The number of hydrogen-bond donors (Lipinski definition) is 1. The first-order valence-electron chi connectivity index (χ1n) is 7.17. The van der Waals surface area contributed by atoms with Gasteiger partial charge in [-0.15, -0.1) is 0 Å². The Labute approximate surface area is 105 Å². The van der Waals surface area contributed by atoms with Crippen molar-refractivity contribution in [2.24, 2.45) is 17.1 Å². The van der Waals surface area contributed by atoms with Crippen LogP contribution < -0.4 is 5.73 Å². The quantitative estimate of drug-likeness (QED) is 0.815. The van der Waals surface area contributed by atoms with E-state index in [0.29, 0.717) is 18.9 Å². The normalized spacial score (nSPS) is 27.6. The number of piperidine rings is 1. The van der Waals surface area contributed by atoms with Gasteiger partial charge in [0.05, 0.1) is 0 Å². The van der Waals surface area contributed by atoms with Crippen LogP contribution in [0.15, 0.2) is 0 Å². The van der Waals surface area contributed by atoms with E-state index in [-0.39, 0.29) is 5.41 Å². The number of amides is 1. The van der Waals surface area contributed by atoms with E-state index in [1.807, 2.05) is 0 Å². The SMILES string of the molecule is CCC1CCCN(C(=O)CC2(CN)CCC2)C1. The fourth-order valence-electron chi connectivity index (χ4n) is 3.19. The third-order valence-electron chi connectivity index (χ3n) is 4.82. The zero-order chi connectivity index (χ0) is 12.3. The Kier molecular flexibility index (Phi) is 4.08. The Morgan fingerprint density at radius 1 is 1.41 bits per heavy atom. The molecule has 1 aliphatic heterocycles. The standard InChI is InChI=1S/C14H26N2O/c1-2-12-5-3-8-16(10-12)13(17)9-14(11-15)6-4-7-14/h12H,2-11,15H2,1H3. The number of nitrogens with zero attached hydrogens (tertiary/aromatic N) is 1. The molecule has 3 heteroatoms. The first kappa shape index (κ1) is 12.9. The van der Waals surface area contributed by atoms with Crippen LogP contribution in [-0.4, -0.2) is 30.4 Å². The van der Waals surface area contributed by atoms with E-state index in [2.05, 4.69) is 11.8 Å². The van der Waals surface area contributed by atoms with Crippen LogP contribution in [0.25, 0.3) is 0 Å². The molecule has 0 aromatic carbocycles. The second-order valence-electron chi connectivity index (χ2n) is 5.99. The van der Waals surface area contributed by atoms with E-state index in [1.165, 1.54) is 25.7 Å². The minimum absolute atomic E-state index is 0.163. The zero-order valence-corrected chi connectivity index (χ0v) is 11.1. The van der Waals surface area contributed by atoms with Crippen molar-refractivity contribution < 1.29 is 4.79 Å². The number of likely N-dealkylation sites (tertiary alicyclic amines) is 1. The summed E-state index contributed by atoms with van der Waals surface area (Å²) in [6.45, 7) is 4.86. The van der Waals surface area contributed by atoms with Crippen LogP contribution in [0, 0.1) is 11.3 Å². The summed E-state index contributed by atoms with van der Waals surface area (Å²) in [6.07, 6.45) is 7.93. The summed E-state index contributed by atoms with van der Waals surface area (Å²) in [7, 11) is 0. The van der Waals surface area contributed by atoms with E-state index in [0.717, 1.165) is 31.8 Å². The second kappa shape index (κ2) is 5.38. The van der Waals surface area contributed by atoms with Crippen molar-refractivity contribution in [3.8, 4) is 0 Å². The largest absolute Gasteiger partial charge is 0.342 e. The predicted molar refractivity (Wildman–Crippen MR) is 69.6 cm³/mol. The lowest BCUT2D eigenvalue weighted by Crippen LogP contribution is -2.46. The van der Waals surface area contributed by atoms with Crippen LogP contribution in [0.5, 0.6) is 0 Å². The Morgan fingerprint density at radius 3 is 2.71 bits per heavy atom. The lowest BCUT2D eigenvalue weighted by molar-refractivity contribution is -0.137. The van der Waals surface area contributed by atoms with Gasteiger partial charge in [0, 0.05) is 19.5 Å². The average molecular weight is 238 g/mol. The molecule has 2 rings (SSSR count). The molecule has 3 nitrogen and oxygen atoms in total. The van der Waals surface area contributed by atoms with Crippen LogP contribution in [-0.2, 0) is 4.79 Å². The molecule has 2 aliphatic rings. The molecule has 1 heterocycles. The maximum Gasteiger partial charge on any atom is 0.223 e. The third kappa shape index (κ3) is 2.82. The lowest BCUT2D eigenvalue weighted by Gasteiger charge is -2.42. The summed E-state index contributed by atoms with van der Waals surface area (Å²) >= 11 is 0. The Balaban J connectivity index is 1.86. The second-order valence-corrected chi connectivity index (χ2v) is 5.99. The molecule has 98 valence electrons. The first-order valence-corrected chi connectivity index (χ1v) is 7.17. The van der Waals surface area contributed by atoms with Gasteiger partial charge < -0.3 is 10.6 Å². The van der Waals surface area contributed by atoms with Gasteiger partial charge in [-0.05, 0) is 43.6 Å². The molecule has 2 N–H and O–H groups in total. The number of hydrogen-bond acceptors (Lipinski definition) is 2. The van der Waals surface area contributed by atoms with Crippen LogP contribution >= 0.6 is 0 Å². The molecule has 1 amide bonds. The molecule has 0 bridgehead atoms. The summed E-state index contributed by atoms with van der Waals surface area (Å²) in [5, 5.41) is 0. The summed E-state index contributed by atoms with van der Waals surface area (Å²) in [4.78, 5) is 14.4. The van der Waals surface area contributed by atoms with Crippen molar-refractivity contribution in [3.63, 3.8) is 0 Å². The zero-order valence-electron chi connectivity index (χ0n) is 11.1.